The number of carbonyl (C=O) groups is 2. The van der Waals surface area contributed by atoms with Gasteiger partial charge in [-0.15, -0.1) is 0 Å². The molecular formula is C25H24N2O4. The number of rotatable bonds is 6. The Bertz CT molecular complexity index is 1140. The van der Waals surface area contributed by atoms with Crippen molar-refractivity contribution in [3.05, 3.63) is 77.9 Å². The maximum absolute atomic E-state index is 12.9. The van der Waals surface area contributed by atoms with E-state index in [-0.39, 0.29) is 25.0 Å². The van der Waals surface area contributed by atoms with E-state index in [1.54, 1.807) is 14.0 Å². The first-order chi connectivity index (χ1) is 15.1. The van der Waals surface area contributed by atoms with Crippen LogP contribution < -0.4 is 4.74 Å². The van der Waals surface area contributed by atoms with Gasteiger partial charge < -0.3 is 9.47 Å². The quantitative estimate of drug-likeness (QED) is 0.556. The molecule has 0 saturated heterocycles. The highest BCUT2D eigenvalue weighted by molar-refractivity contribution is 6.05. The summed E-state index contributed by atoms with van der Waals surface area (Å²) in [7, 11) is 1.61. The Hall–Kier alpha value is -3.67. The fourth-order valence-electron chi connectivity index (χ4n) is 3.68. The van der Waals surface area contributed by atoms with Gasteiger partial charge >= 0.3 is 5.97 Å². The molecule has 0 fully saturated rings. The van der Waals surface area contributed by atoms with Gasteiger partial charge in [0, 0.05) is 12.8 Å². The summed E-state index contributed by atoms with van der Waals surface area (Å²) in [5.41, 5.74) is 2.73. The van der Waals surface area contributed by atoms with E-state index in [1.807, 2.05) is 42.5 Å². The molecule has 158 valence electrons. The summed E-state index contributed by atoms with van der Waals surface area (Å²) in [4.78, 5) is 24.4. The van der Waals surface area contributed by atoms with Crippen molar-refractivity contribution < 1.29 is 19.1 Å². The second-order valence-electron chi connectivity index (χ2n) is 7.35. The molecule has 1 atom stereocenters. The van der Waals surface area contributed by atoms with E-state index < -0.39 is 5.97 Å². The minimum Gasteiger partial charge on any atom is -0.497 e. The first-order valence-electron chi connectivity index (χ1n) is 10.3. The zero-order chi connectivity index (χ0) is 21.8. The molecule has 0 spiro atoms. The summed E-state index contributed by atoms with van der Waals surface area (Å²) >= 11 is 0. The molecule has 0 N–H and O–H groups in total. The molecule has 6 nitrogen and oxygen atoms in total. The van der Waals surface area contributed by atoms with Crippen molar-refractivity contribution in [1.82, 2.24) is 5.01 Å². The van der Waals surface area contributed by atoms with Gasteiger partial charge in [0.05, 0.1) is 18.9 Å². The van der Waals surface area contributed by atoms with Gasteiger partial charge in [-0.2, -0.15) is 5.10 Å². The second-order valence-corrected chi connectivity index (χ2v) is 7.35. The Morgan fingerprint density at radius 3 is 2.48 bits per heavy atom. The van der Waals surface area contributed by atoms with E-state index in [2.05, 4.69) is 29.4 Å². The van der Waals surface area contributed by atoms with E-state index in [1.165, 1.54) is 5.01 Å². The molecule has 6 heteroatoms. The summed E-state index contributed by atoms with van der Waals surface area (Å²) in [5, 5.41) is 8.35. The zero-order valence-corrected chi connectivity index (χ0v) is 17.6. The molecule has 1 heterocycles. The molecule has 31 heavy (non-hydrogen) atoms. The van der Waals surface area contributed by atoms with Crippen molar-refractivity contribution in [2.24, 2.45) is 5.10 Å². The molecule has 0 aromatic heterocycles. The Labute approximate surface area is 181 Å². The SMILES string of the molecule is CCC(=O)OCC(=O)N1N=C(c2ccc3ccccc3c2)CC1c1ccc(OC)cc1. The van der Waals surface area contributed by atoms with Gasteiger partial charge in [0.1, 0.15) is 5.75 Å². The number of nitrogens with zero attached hydrogens (tertiary/aromatic N) is 2. The number of ether oxygens (including phenoxy) is 2. The number of hydrazone groups is 1. The highest BCUT2D eigenvalue weighted by atomic mass is 16.5. The number of amides is 1. The topological polar surface area (TPSA) is 68.2 Å². The smallest absolute Gasteiger partial charge is 0.306 e. The first-order valence-corrected chi connectivity index (χ1v) is 10.3. The average molecular weight is 416 g/mol. The molecule has 1 aliphatic rings. The van der Waals surface area contributed by atoms with E-state index in [4.69, 9.17) is 9.47 Å². The average Bonchev–Trinajstić information content (AvgIpc) is 3.27. The van der Waals surface area contributed by atoms with Crippen LogP contribution in [0.2, 0.25) is 0 Å². The van der Waals surface area contributed by atoms with Crippen LogP contribution in [-0.4, -0.2) is 36.3 Å². The van der Waals surface area contributed by atoms with Gasteiger partial charge in [0.25, 0.3) is 5.91 Å². The van der Waals surface area contributed by atoms with Gasteiger partial charge in [-0.3, -0.25) is 9.59 Å². The largest absolute Gasteiger partial charge is 0.497 e. The zero-order valence-electron chi connectivity index (χ0n) is 17.6. The second kappa shape index (κ2) is 9.00. The molecule has 4 rings (SSSR count). The molecule has 0 bridgehead atoms. The van der Waals surface area contributed by atoms with Crippen LogP contribution in [-0.2, 0) is 14.3 Å². The van der Waals surface area contributed by atoms with E-state index in [9.17, 15) is 9.59 Å². The molecule has 1 unspecified atom stereocenters. The summed E-state index contributed by atoms with van der Waals surface area (Å²) in [6.45, 7) is 1.37. The van der Waals surface area contributed by atoms with Crippen molar-refractivity contribution in [3.8, 4) is 5.75 Å². The number of benzene rings is 3. The van der Waals surface area contributed by atoms with Crippen molar-refractivity contribution >= 4 is 28.4 Å². The van der Waals surface area contributed by atoms with Crippen LogP contribution in [0.5, 0.6) is 5.75 Å². The third kappa shape index (κ3) is 4.43. The molecule has 1 amide bonds. The predicted octanol–water partition coefficient (Wildman–Crippen LogP) is 4.48. The Morgan fingerprint density at radius 1 is 1.03 bits per heavy atom. The summed E-state index contributed by atoms with van der Waals surface area (Å²) in [5.74, 6) is -0.0159. The lowest BCUT2D eigenvalue weighted by atomic mass is 9.97. The van der Waals surface area contributed by atoms with Gasteiger partial charge in [-0.25, -0.2) is 5.01 Å². The lowest BCUT2D eigenvalue weighted by Crippen LogP contribution is -2.31. The number of esters is 1. The fraction of sp³-hybridized carbons (Fsp3) is 0.240. The maximum atomic E-state index is 12.9. The molecule has 0 radical (unpaired) electrons. The van der Waals surface area contributed by atoms with Crippen molar-refractivity contribution in [2.45, 2.75) is 25.8 Å². The number of hydrogen-bond donors (Lipinski definition) is 0. The normalized spacial score (nSPS) is 15.6. The van der Waals surface area contributed by atoms with Crippen LogP contribution in [0.25, 0.3) is 10.8 Å². The third-order valence-electron chi connectivity index (χ3n) is 5.39. The van der Waals surface area contributed by atoms with Crippen LogP contribution in [0.1, 0.15) is 36.9 Å². The Balaban J connectivity index is 1.65. The summed E-state index contributed by atoms with van der Waals surface area (Å²) in [6, 6.07) is 21.6. The third-order valence-corrected chi connectivity index (χ3v) is 5.39. The highest BCUT2D eigenvalue weighted by Crippen LogP contribution is 2.34. The highest BCUT2D eigenvalue weighted by Gasteiger charge is 2.33. The Morgan fingerprint density at radius 2 is 1.77 bits per heavy atom. The van der Waals surface area contributed by atoms with Gasteiger partial charge in [-0.1, -0.05) is 55.5 Å². The summed E-state index contributed by atoms with van der Waals surface area (Å²) in [6.07, 6.45) is 0.791. The minimum absolute atomic E-state index is 0.223. The van der Waals surface area contributed by atoms with E-state index in [0.717, 1.165) is 33.4 Å². The van der Waals surface area contributed by atoms with Crippen LogP contribution in [0.15, 0.2) is 71.8 Å². The first kappa shape index (κ1) is 20.6. The van der Waals surface area contributed by atoms with Crippen molar-refractivity contribution in [2.75, 3.05) is 13.7 Å². The van der Waals surface area contributed by atoms with Gasteiger partial charge in [0.2, 0.25) is 0 Å². The maximum Gasteiger partial charge on any atom is 0.306 e. The van der Waals surface area contributed by atoms with Crippen LogP contribution in [0.3, 0.4) is 0 Å². The number of fused-ring (bicyclic) bond motifs is 1. The molecular weight excluding hydrogens is 392 g/mol. The molecule has 0 saturated carbocycles. The minimum atomic E-state index is -0.410. The van der Waals surface area contributed by atoms with Crippen LogP contribution in [0.4, 0.5) is 0 Å². The van der Waals surface area contributed by atoms with Crippen LogP contribution >= 0.6 is 0 Å². The molecule has 3 aromatic rings. The standard InChI is InChI=1S/C25H24N2O4/c1-3-25(29)31-16-24(28)27-23(18-10-12-21(30-2)13-11-18)15-22(26-27)20-9-8-17-6-4-5-7-19(17)14-20/h4-14,23H,3,15-16H2,1-2H3. The summed E-state index contributed by atoms with van der Waals surface area (Å²) < 4.78 is 10.3. The lowest BCUT2D eigenvalue weighted by molar-refractivity contribution is -0.152. The number of carbonyl (C=O) groups excluding carboxylic acids is 2. The molecule has 1 aliphatic heterocycles. The van der Waals surface area contributed by atoms with Crippen molar-refractivity contribution in [1.29, 1.82) is 0 Å². The molecule has 3 aromatic carbocycles. The van der Waals surface area contributed by atoms with Crippen molar-refractivity contribution in [3.63, 3.8) is 0 Å². The van der Waals surface area contributed by atoms with Gasteiger partial charge in [0.15, 0.2) is 6.61 Å². The number of hydrogen-bond acceptors (Lipinski definition) is 5. The predicted molar refractivity (Wildman–Crippen MR) is 119 cm³/mol. The monoisotopic (exact) mass is 416 g/mol. The van der Waals surface area contributed by atoms with Crippen LogP contribution in [0, 0.1) is 0 Å². The lowest BCUT2D eigenvalue weighted by Gasteiger charge is -2.22. The van der Waals surface area contributed by atoms with Gasteiger partial charge in [-0.05, 0) is 40.1 Å². The van der Waals surface area contributed by atoms with E-state index >= 15 is 0 Å². The fourth-order valence-corrected chi connectivity index (χ4v) is 3.68. The number of methoxy groups -OCH3 is 1. The molecule has 0 aliphatic carbocycles. The Kier molecular flexibility index (Phi) is 5.98. The van der Waals surface area contributed by atoms with E-state index in [0.29, 0.717) is 6.42 Å².